The van der Waals surface area contributed by atoms with Crippen molar-refractivity contribution in [1.29, 1.82) is 5.26 Å². The lowest BCUT2D eigenvalue weighted by Gasteiger charge is -2.20. The third-order valence-corrected chi connectivity index (χ3v) is 4.91. The Morgan fingerprint density at radius 2 is 2.14 bits per heavy atom. The molecule has 0 radical (unpaired) electrons. The summed E-state index contributed by atoms with van der Waals surface area (Å²) in [6.45, 7) is 6.33. The molecule has 1 aromatic rings. The van der Waals surface area contributed by atoms with Crippen molar-refractivity contribution >= 4 is 17.6 Å². The number of rotatable bonds is 5. The predicted octanol–water partition coefficient (Wildman–Crippen LogP) is 2.90. The zero-order valence-corrected chi connectivity index (χ0v) is 15.9. The Morgan fingerprint density at radius 1 is 1.41 bits per heavy atom. The Labute approximate surface area is 167 Å². The smallest absolute Gasteiger partial charge is 0.319 e. The van der Waals surface area contributed by atoms with E-state index in [4.69, 9.17) is 10.00 Å². The number of carbonyl (C=O) groups excluding carboxylic acids is 2. The first-order chi connectivity index (χ1) is 13.9. The van der Waals surface area contributed by atoms with Crippen molar-refractivity contribution in [2.75, 3.05) is 18.5 Å². The highest BCUT2D eigenvalue weighted by Gasteiger charge is 2.38. The lowest BCUT2D eigenvalue weighted by molar-refractivity contribution is -0.120. The van der Waals surface area contributed by atoms with Gasteiger partial charge in [-0.15, -0.1) is 0 Å². The van der Waals surface area contributed by atoms with E-state index in [1.807, 2.05) is 13.0 Å². The van der Waals surface area contributed by atoms with Gasteiger partial charge in [-0.1, -0.05) is 6.58 Å². The zero-order valence-electron chi connectivity index (χ0n) is 15.9. The quantitative estimate of drug-likeness (QED) is 0.666. The van der Waals surface area contributed by atoms with Crippen molar-refractivity contribution in [3.05, 3.63) is 65.2 Å². The van der Waals surface area contributed by atoms with Gasteiger partial charge in [-0.3, -0.25) is 4.79 Å². The largest absolute Gasteiger partial charge is 0.493 e. The molecule has 2 aliphatic rings. The summed E-state index contributed by atoms with van der Waals surface area (Å²) < 4.78 is 20.1. The van der Waals surface area contributed by atoms with Crippen LogP contribution < -0.4 is 16.0 Å². The summed E-state index contributed by atoms with van der Waals surface area (Å²) in [6.07, 6.45) is 2.02. The number of nitrogens with one attached hydrogen (secondary N) is 3. The Morgan fingerprint density at radius 3 is 2.76 bits per heavy atom. The van der Waals surface area contributed by atoms with E-state index in [2.05, 4.69) is 22.5 Å². The van der Waals surface area contributed by atoms with Crippen LogP contribution in [-0.4, -0.2) is 31.1 Å². The molecule has 150 valence electrons. The van der Waals surface area contributed by atoms with Gasteiger partial charge in [0.25, 0.3) is 0 Å². The number of allylic oxidation sites excluding steroid dienone is 2. The van der Waals surface area contributed by atoms with E-state index >= 15 is 0 Å². The van der Waals surface area contributed by atoms with E-state index in [-0.39, 0.29) is 12.1 Å². The van der Waals surface area contributed by atoms with Crippen LogP contribution >= 0.6 is 0 Å². The predicted molar refractivity (Wildman–Crippen MR) is 105 cm³/mol. The minimum absolute atomic E-state index is 0.114. The average Bonchev–Trinajstić information content (AvgIpc) is 3.27. The molecule has 2 atom stereocenters. The van der Waals surface area contributed by atoms with E-state index in [1.165, 1.54) is 6.08 Å². The van der Waals surface area contributed by atoms with Gasteiger partial charge in [0.15, 0.2) is 0 Å². The third kappa shape index (κ3) is 4.63. The number of amides is 3. The molecule has 3 amide bonds. The van der Waals surface area contributed by atoms with Gasteiger partial charge in [-0.25, -0.2) is 9.18 Å². The number of urea groups is 1. The summed E-state index contributed by atoms with van der Waals surface area (Å²) in [5.41, 5.74) is 1.98. The minimum atomic E-state index is -0.959. The summed E-state index contributed by atoms with van der Waals surface area (Å²) in [6, 6.07) is 6.68. The van der Waals surface area contributed by atoms with Crippen LogP contribution in [0.2, 0.25) is 0 Å². The fraction of sp³-hybridized carbons (Fsp3) is 0.286. The van der Waals surface area contributed by atoms with E-state index in [0.717, 1.165) is 12.0 Å². The first-order valence-electron chi connectivity index (χ1n) is 9.13. The molecule has 1 aromatic carbocycles. The summed E-state index contributed by atoms with van der Waals surface area (Å²) >= 11 is 0. The van der Waals surface area contributed by atoms with Crippen LogP contribution in [0.15, 0.2) is 59.7 Å². The summed E-state index contributed by atoms with van der Waals surface area (Å²) in [5, 5.41) is 16.6. The maximum atomic E-state index is 14.7. The first-order valence-corrected chi connectivity index (χ1v) is 9.13. The van der Waals surface area contributed by atoms with Crippen molar-refractivity contribution < 1.29 is 18.7 Å². The van der Waals surface area contributed by atoms with Gasteiger partial charge in [0.2, 0.25) is 5.91 Å². The van der Waals surface area contributed by atoms with E-state index in [0.29, 0.717) is 23.6 Å². The van der Waals surface area contributed by atoms with Gasteiger partial charge in [0.05, 0.1) is 18.2 Å². The maximum absolute atomic E-state index is 14.7. The highest BCUT2D eigenvalue weighted by molar-refractivity contribution is 5.95. The molecule has 2 heterocycles. The number of benzene rings is 1. The third-order valence-electron chi connectivity index (χ3n) is 4.91. The molecule has 8 heteroatoms. The molecule has 0 unspecified atom stereocenters. The first kappa shape index (κ1) is 20.1. The summed E-state index contributed by atoms with van der Waals surface area (Å²) in [5.74, 6) is -1.15. The van der Waals surface area contributed by atoms with Crippen molar-refractivity contribution in [3.8, 4) is 6.07 Å². The topological polar surface area (TPSA) is 103 Å². The van der Waals surface area contributed by atoms with Crippen LogP contribution in [0.4, 0.5) is 14.9 Å². The second-order valence-corrected chi connectivity index (χ2v) is 6.88. The van der Waals surface area contributed by atoms with Crippen LogP contribution in [0.5, 0.6) is 0 Å². The second kappa shape index (κ2) is 8.61. The maximum Gasteiger partial charge on any atom is 0.319 e. The number of carbonyl (C=O) groups is 2. The summed E-state index contributed by atoms with van der Waals surface area (Å²) in [4.78, 5) is 24.5. The molecule has 7 nitrogen and oxygen atoms in total. The monoisotopic (exact) mass is 396 g/mol. The molecule has 0 aliphatic carbocycles. The fourth-order valence-electron chi connectivity index (χ4n) is 3.16. The molecule has 0 aromatic heterocycles. The highest BCUT2D eigenvalue weighted by atomic mass is 19.1. The number of ether oxygens (including phenoxy) is 1. The zero-order chi connectivity index (χ0) is 21.0. The van der Waals surface area contributed by atoms with Crippen LogP contribution in [0.3, 0.4) is 0 Å². The van der Waals surface area contributed by atoms with Crippen molar-refractivity contribution in [2.24, 2.45) is 5.92 Å². The van der Waals surface area contributed by atoms with Crippen LogP contribution in [-0.2, 0) is 9.53 Å². The number of hydrogen-bond acceptors (Lipinski definition) is 4. The molecule has 0 saturated carbocycles. The van der Waals surface area contributed by atoms with Crippen molar-refractivity contribution in [1.82, 2.24) is 10.6 Å². The molecule has 0 bridgehead atoms. The Balaban J connectivity index is 1.67. The van der Waals surface area contributed by atoms with E-state index in [9.17, 15) is 14.0 Å². The molecule has 2 aliphatic heterocycles. The van der Waals surface area contributed by atoms with Gasteiger partial charge < -0.3 is 20.7 Å². The number of hydrogen-bond donors (Lipinski definition) is 3. The van der Waals surface area contributed by atoms with Crippen molar-refractivity contribution in [2.45, 2.75) is 19.4 Å². The minimum Gasteiger partial charge on any atom is -0.493 e. The van der Waals surface area contributed by atoms with E-state index in [1.54, 1.807) is 24.3 Å². The number of nitriles is 1. The SMILES string of the molecule is C=C(/C(F)=C\C1=C(C)CCO1)[C@@H]1CNC(=O)[C@H]1NC(=O)Nc1ccc(C#N)cc1. The lowest BCUT2D eigenvalue weighted by Crippen LogP contribution is -2.45. The van der Waals surface area contributed by atoms with Crippen LogP contribution in [0.25, 0.3) is 0 Å². The molecule has 0 spiro atoms. The Bertz CT molecular complexity index is 944. The average molecular weight is 396 g/mol. The molecular formula is C21H21FN4O3. The number of halogens is 1. The van der Waals surface area contributed by atoms with Crippen molar-refractivity contribution in [3.63, 3.8) is 0 Å². The molecule has 3 rings (SSSR count). The van der Waals surface area contributed by atoms with Gasteiger partial charge >= 0.3 is 6.03 Å². The fourth-order valence-corrected chi connectivity index (χ4v) is 3.16. The van der Waals surface area contributed by atoms with Crippen LogP contribution in [0, 0.1) is 17.2 Å². The summed E-state index contributed by atoms with van der Waals surface area (Å²) in [7, 11) is 0. The Kier molecular flexibility index (Phi) is 5.98. The number of nitrogens with zero attached hydrogens (tertiary/aromatic N) is 1. The normalized spacial score (nSPS) is 21.3. The van der Waals surface area contributed by atoms with Crippen LogP contribution in [0.1, 0.15) is 18.9 Å². The molecule has 1 fully saturated rings. The molecule has 29 heavy (non-hydrogen) atoms. The Hall–Kier alpha value is -3.60. The standard InChI is InChI=1S/C21H21FN4O3/c1-12-7-8-29-18(12)9-17(22)13(2)16-11-24-20(27)19(16)26-21(28)25-15-5-3-14(10-23)4-6-15/h3-6,9,16,19H,2,7-8,11H2,1H3,(H,24,27)(H2,25,26,28)/b17-9+/t16-,19-/m0/s1. The molecular weight excluding hydrogens is 375 g/mol. The van der Waals surface area contributed by atoms with Gasteiger partial charge in [0.1, 0.15) is 17.6 Å². The van der Waals surface area contributed by atoms with Gasteiger partial charge in [-0.2, -0.15) is 5.26 Å². The number of anilines is 1. The lowest BCUT2D eigenvalue weighted by atomic mass is 9.93. The van der Waals surface area contributed by atoms with Gasteiger partial charge in [0, 0.05) is 30.6 Å². The van der Waals surface area contributed by atoms with E-state index < -0.39 is 29.7 Å². The van der Waals surface area contributed by atoms with Gasteiger partial charge in [-0.05, 0) is 42.3 Å². The molecule has 1 saturated heterocycles. The molecule has 3 N–H and O–H groups in total. The second-order valence-electron chi connectivity index (χ2n) is 6.88. The highest BCUT2D eigenvalue weighted by Crippen LogP contribution is 2.29.